The Morgan fingerprint density at radius 1 is 1.12 bits per heavy atom. The van der Waals surface area contributed by atoms with Gasteiger partial charge in [-0.3, -0.25) is 0 Å². The smallest absolute Gasteiger partial charge is 0.344 e. The zero-order valence-corrected chi connectivity index (χ0v) is 9.21. The molecule has 0 saturated carbocycles. The van der Waals surface area contributed by atoms with Gasteiger partial charge in [0.25, 0.3) is 0 Å². The van der Waals surface area contributed by atoms with Crippen molar-refractivity contribution in [2.45, 2.75) is 33.1 Å². The van der Waals surface area contributed by atoms with Crippen molar-refractivity contribution in [3.8, 4) is 0 Å². The minimum atomic E-state index is 0. The Morgan fingerprint density at radius 3 is 1.25 bits per heavy atom. The fraction of sp³-hybridized carbons (Fsp3) is 0.714. The molecule has 0 atom stereocenters. The standard InChI is InChI=1S/C4H9.C3H7.Zn/c1-3-4-2;1-3-2;/h1,3-4H2,2H3;1,3H2,2H3;/q2*-1;+2. The summed E-state index contributed by atoms with van der Waals surface area (Å²) in [5.41, 5.74) is 0. The molecule has 0 radical (unpaired) electrons. The molecule has 0 bridgehead atoms. The van der Waals surface area contributed by atoms with Gasteiger partial charge in [0.1, 0.15) is 0 Å². The normalized spacial score (nSPS) is 6.00. The van der Waals surface area contributed by atoms with Gasteiger partial charge >= 0.3 is 19.5 Å². The molecule has 0 spiro atoms. The van der Waals surface area contributed by atoms with Gasteiger partial charge < -0.3 is 13.8 Å². The van der Waals surface area contributed by atoms with E-state index in [1.807, 2.05) is 6.92 Å². The first kappa shape index (κ1) is 15.8. The Kier molecular flexibility index (Phi) is 50.5. The topological polar surface area (TPSA) is 0 Å². The van der Waals surface area contributed by atoms with Crippen molar-refractivity contribution >= 4 is 0 Å². The van der Waals surface area contributed by atoms with Gasteiger partial charge in [0, 0.05) is 0 Å². The molecule has 0 amide bonds. The van der Waals surface area contributed by atoms with Gasteiger partial charge in [0.2, 0.25) is 0 Å². The summed E-state index contributed by atoms with van der Waals surface area (Å²) >= 11 is 0. The second kappa shape index (κ2) is 25.5. The molecule has 0 aliphatic rings. The Balaban J connectivity index is -0.0000000575. The fourth-order valence-corrected chi connectivity index (χ4v) is 0. The van der Waals surface area contributed by atoms with Crippen molar-refractivity contribution in [3.63, 3.8) is 0 Å². The molecule has 0 saturated heterocycles. The van der Waals surface area contributed by atoms with Crippen molar-refractivity contribution in [1.29, 1.82) is 0 Å². The molecule has 0 aromatic heterocycles. The van der Waals surface area contributed by atoms with E-state index < -0.39 is 0 Å². The van der Waals surface area contributed by atoms with Crippen molar-refractivity contribution in [3.05, 3.63) is 13.8 Å². The summed E-state index contributed by atoms with van der Waals surface area (Å²) in [6, 6.07) is 0. The average Bonchev–Trinajstić information content (AvgIpc) is 1.69. The predicted molar refractivity (Wildman–Crippen MR) is 35.9 cm³/mol. The van der Waals surface area contributed by atoms with Crippen LogP contribution < -0.4 is 0 Å². The number of hydrogen-bond donors (Lipinski definition) is 0. The van der Waals surface area contributed by atoms with E-state index in [-0.39, 0.29) is 19.5 Å². The summed E-state index contributed by atoms with van der Waals surface area (Å²) in [7, 11) is 0. The molecule has 46 valence electrons. The van der Waals surface area contributed by atoms with Crippen LogP contribution in [0, 0.1) is 13.8 Å². The molecule has 0 nitrogen and oxygen atoms in total. The van der Waals surface area contributed by atoms with Crippen molar-refractivity contribution in [1.82, 2.24) is 0 Å². The molecule has 0 heterocycles. The predicted octanol–water partition coefficient (Wildman–Crippen LogP) is 2.85. The quantitative estimate of drug-likeness (QED) is 0.414. The van der Waals surface area contributed by atoms with E-state index >= 15 is 0 Å². The van der Waals surface area contributed by atoms with Crippen molar-refractivity contribution in [2.75, 3.05) is 0 Å². The zero-order valence-electron chi connectivity index (χ0n) is 6.24. The first-order valence-corrected chi connectivity index (χ1v) is 2.91. The van der Waals surface area contributed by atoms with Crippen LogP contribution in [0.25, 0.3) is 0 Å². The van der Waals surface area contributed by atoms with Gasteiger partial charge in [0.15, 0.2) is 0 Å². The van der Waals surface area contributed by atoms with E-state index in [1.54, 1.807) is 0 Å². The van der Waals surface area contributed by atoms with E-state index in [0.717, 1.165) is 12.8 Å². The van der Waals surface area contributed by atoms with Crippen LogP contribution in [0.2, 0.25) is 0 Å². The maximum atomic E-state index is 3.60. The van der Waals surface area contributed by atoms with Crippen LogP contribution in [0.5, 0.6) is 0 Å². The molecule has 0 unspecified atom stereocenters. The van der Waals surface area contributed by atoms with E-state index in [2.05, 4.69) is 20.8 Å². The van der Waals surface area contributed by atoms with Crippen LogP contribution >= 0.6 is 0 Å². The zero-order chi connectivity index (χ0) is 6.12. The molecule has 0 N–H and O–H groups in total. The van der Waals surface area contributed by atoms with Crippen LogP contribution in [0.1, 0.15) is 33.1 Å². The Morgan fingerprint density at radius 2 is 1.25 bits per heavy atom. The molecule has 0 aliphatic carbocycles. The Bertz CT molecular complexity index is 11.9. The first-order chi connectivity index (χ1) is 3.33. The summed E-state index contributed by atoms with van der Waals surface area (Å²) in [5, 5.41) is 0. The third-order valence-electron chi connectivity index (χ3n) is 0.354. The summed E-state index contributed by atoms with van der Waals surface area (Å²) in [6.45, 7) is 11.2. The van der Waals surface area contributed by atoms with E-state index in [4.69, 9.17) is 0 Å². The van der Waals surface area contributed by atoms with Gasteiger partial charge in [-0.2, -0.15) is 12.8 Å². The fourth-order valence-electron chi connectivity index (χ4n) is 0. The van der Waals surface area contributed by atoms with E-state index in [0.29, 0.717) is 0 Å². The van der Waals surface area contributed by atoms with Crippen LogP contribution in [0.15, 0.2) is 0 Å². The van der Waals surface area contributed by atoms with Crippen LogP contribution in [0.4, 0.5) is 0 Å². The molecule has 0 aromatic rings. The minimum absolute atomic E-state index is 0. The van der Waals surface area contributed by atoms with Crippen LogP contribution in [-0.4, -0.2) is 0 Å². The van der Waals surface area contributed by atoms with Crippen LogP contribution in [-0.2, 0) is 19.5 Å². The Labute approximate surface area is 66.8 Å². The summed E-state index contributed by atoms with van der Waals surface area (Å²) < 4.78 is 0. The maximum Gasteiger partial charge on any atom is 2.00 e. The van der Waals surface area contributed by atoms with E-state index in [1.165, 1.54) is 6.42 Å². The molecule has 8 heavy (non-hydrogen) atoms. The number of rotatable bonds is 1. The minimum Gasteiger partial charge on any atom is -0.344 e. The number of unbranched alkanes of at least 4 members (excludes halogenated alkanes) is 1. The SMILES string of the molecule is [CH2-]CC.[CH2-]CCC.[Zn+2]. The second-order valence-electron chi connectivity index (χ2n) is 1.35. The second-order valence-corrected chi connectivity index (χ2v) is 1.35. The molecular weight excluding hydrogens is 149 g/mol. The molecule has 0 aliphatic heterocycles. The summed E-state index contributed by atoms with van der Waals surface area (Å²) in [6.07, 6.45) is 3.28. The van der Waals surface area contributed by atoms with Gasteiger partial charge in [-0.05, 0) is 0 Å². The van der Waals surface area contributed by atoms with Gasteiger partial charge in [-0.1, -0.05) is 20.3 Å². The third-order valence-corrected chi connectivity index (χ3v) is 0.354. The molecule has 0 aromatic carbocycles. The monoisotopic (exact) mass is 164 g/mol. The molecule has 0 rings (SSSR count). The van der Waals surface area contributed by atoms with Gasteiger partial charge in [-0.15, -0.1) is 0 Å². The first-order valence-electron chi connectivity index (χ1n) is 2.91. The van der Waals surface area contributed by atoms with Crippen LogP contribution in [0.3, 0.4) is 0 Å². The van der Waals surface area contributed by atoms with Crippen molar-refractivity contribution < 1.29 is 19.5 Å². The third kappa shape index (κ3) is 79.5. The molecule has 0 fully saturated rings. The summed E-state index contributed by atoms with van der Waals surface area (Å²) in [4.78, 5) is 0. The maximum absolute atomic E-state index is 3.60. The molecular formula is C7H16Zn. The summed E-state index contributed by atoms with van der Waals surface area (Å²) in [5.74, 6) is 0. The number of hydrogen-bond acceptors (Lipinski definition) is 0. The van der Waals surface area contributed by atoms with E-state index in [9.17, 15) is 0 Å². The molecule has 1 heteroatoms. The van der Waals surface area contributed by atoms with Crippen molar-refractivity contribution in [2.24, 2.45) is 0 Å². The van der Waals surface area contributed by atoms with Gasteiger partial charge in [-0.25, -0.2) is 0 Å². The van der Waals surface area contributed by atoms with Gasteiger partial charge in [0.05, 0.1) is 0 Å². The average molecular weight is 166 g/mol. The largest absolute Gasteiger partial charge is 2.00 e. The Hall–Kier alpha value is 0.623.